The van der Waals surface area contributed by atoms with Crippen LogP contribution in [-0.2, 0) is 4.79 Å². The highest BCUT2D eigenvalue weighted by atomic mass is 16.6. The molecule has 0 radical (unpaired) electrons. The summed E-state index contributed by atoms with van der Waals surface area (Å²) in [5.74, 6) is -0.264. The average Bonchev–Trinajstić information content (AvgIpc) is 3.23. The lowest BCUT2D eigenvalue weighted by molar-refractivity contribution is -0.924. The smallest absolute Gasteiger partial charge is 0.337 e. The van der Waals surface area contributed by atoms with E-state index in [2.05, 4.69) is 51.8 Å². The van der Waals surface area contributed by atoms with Crippen molar-refractivity contribution >= 4 is 5.91 Å². The van der Waals surface area contributed by atoms with Gasteiger partial charge >= 0.3 is 5.91 Å². The molecule has 8 heteroatoms. The Labute approximate surface area is 199 Å². The summed E-state index contributed by atoms with van der Waals surface area (Å²) < 4.78 is 0.974. The maximum atomic E-state index is 13.8. The lowest BCUT2D eigenvalue weighted by Crippen LogP contribution is -2.59. The molecule has 3 heterocycles. The number of amides is 1. The molecule has 3 atom stereocenters. The molecule has 3 aromatic rings. The van der Waals surface area contributed by atoms with Gasteiger partial charge in [-0.05, 0) is 60.7 Å². The van der Waals surface area contributed by atoms with Crippen molar-refractivity contribution in [2.24, 2.45) is 5.92 Å². The van der Waals surface area contributed by atoms with Crippen LogP contribution in [0.4, 0.5) is 0 Å². The van der Waals surface area contributed by atoms with Crippen LogP contribution in [0.15, 0.2) is 67.0 Å². The van der Waals surface area contributed by atoms with Crippen molar-refractivity contribution in [2.45, 2.75) is 31.3 Å². The van der Waals surface area contributed by atoms with E-state index in [0.29, 0.717) is 0 Å². The van der Waals surface area contributed by atoms with Crippen LogP contribution in [-0.4, -0.2) is 63.3 Å². The monoisotopic (exact) mass is 458 g/mol. The first kappa shape index (κ1) is 21.6. The quantitative estimate of drug-likeness (QED) is 0.467. The zero-order valence-corrected chi connectivity index (χ0v) is 19.4. The van der Waals surface area contributed by atoms with Gasteiger partial charge in [-0.1, -0.05) is 41.5 Å². The number of carbonyl (C=O) groups is 1. The molecule has 34 heavy (non-hydrogen) atoms. The van der Waals surface area contributed by atoms with Crippen molar-refractivity contribution in [2.75, 3.05) is 26.7 Å². The molecule has 2 saturated heterocycles. The maximum absolute atomic E-state index is 13.8. The van der Waals surface area contributed by atoms with E-state index in [9.17, 15) is 10.0 Å². The van der Waals surface area contributed by atoms with Crippen molar-refractivity contribution in [1.82, 2.24) is 25.2 Å². The Morgan fingerprint density at radius 3 is 2.59 bits per heavy atom. The predicted molar refractivity (Wildman–Crippen MR) is 129 cm³/mol. The Balaban J connectivity index is 1.30. The first-order valence-electron chi connectivity index (χ1n) is 12.1. The summed E-state index contributed by atoms with van der Waals surface area (Å²) in [4.78, 5) is 13.0. The number of nitrogens with one attached hydrogen (secondary N) is 1. The molecule has 3 fully saturated rings. The second kappa shape index (κ2) is 8.41. The van der Waals surface area contributed by atoms with Crippen molar-refractivity contribution in [3.8, 4) is 16.8 Å². The Kier molecular flexibility index (Phi) is 5.35. The first-order chi connectivity index (χ1) is 16.5. The van der Waals surface area contributed by atoms with Crippen LogP contribution in [0.5, 0.6) is 0 Å². The number of hydroxylamine groups is 2. The minimum Gasteiger partial charge on any atom is -0.603 e. The second-order valence-electron chi connectivity index (χ2n) is 9.65. The number of hydrogen-bond donors (Lipinski definition) is 1. The van der Waals surface area contributed by atoms with Crippen LogP contribution in [0.25, 0.3) is 16.8 Å². The highest BCUT2D eigenvalue weighted by Gasteiger charge is 2.55. The molecule has 1 saturated carbocycles. The summed E-state index contributed by atoms with van der Waals surface area (Å²) in [6.07, 6.45) is 6.36. The number of hydrazine groups is 1. The number of quaternary nitrogens is 1. The predicted octanol–water partition coefficient (Wildman–Crippen LogP) is 3.27. The van der Waals surface area contributed by atoms with Gasteiger partial charge in [-0.15, -0.1) is 0 Å². The molecule has 0 spiro atoms. The summed E-state index contributed by atoms with van der Waals surface area (Å²) in [6.45, 7) is 2.00. The third-order valence-corrected chi connectivity index (χ3v) is 7.46. The Morgan fingerprint density at radius 1 is 1.09 bits per heavy atom. The van der Waals surface area contributed by atoms with Crippen LogP contribution < -0.4 is 5.32 Å². The molecule has 1 aliphatic carbocycles. The van der Waals surface area contributed by atoms with E-state index in [1.54, 1.807) is 18.4 Å². The van der Waals surface area contributed by atoms with Crippen LogP contribution in [0.2, 0.25) is 0 Å². The fourth-order valence-electron chi connectivity index (χ4n) is 5.41. The van der Waals surface area contributed by atoms with Crippen LogP contribution in [0.3, 0.4) is 0 Å². The molecule has 6 rings (SSSR count). The molecular weight excluding hydrogens is 428 g/mol. The van der Waals surface area contributed by atoms with Gasteiger partial charge in [-0.2, -0.15) is 14.9 Å². The van der Waals surface area contributed by atoms with Crippen LogP contribution >= 0.6 is 0 Å². The number of nitrogens with zero attached hydrogens (tertiary/aromatic N) is 5. The van der Waals surface area contributed by atoms with Crippen LogP contribution in [0.1, 0.15) is 30.9 Å². The standard InChI is InChI=1S/C26H30N6O2/c1-29-31(24-12-14-27-17-24)25(18-32(29,34)26(33)21-10-11-21)20-8-6-19(7-9-20)22-4-2-5-23(16-22)30-15-3-13-28-30/h2-9,13,15-16,21,24-25,27H,10-12,14,17-18H2,1H3. The van der Waals surface area contributed by atoms with E-state index in [-0.39, 0.29) is 30.5 Å². The van der Waals surface area contributed by atoms with Gasteiger partial charge in [0.25, 0.3) is 0 Å². The lowest BCUT2D eigenvalue weighted by Gasteiger charge is -2.42. The molecule has 3 unspecified atom stereocenters. The van der Waals surface area contributed by atoms with Crippen LogP contribution in [0, 0.1) is 11.1 Å². The van der Waals surface area contributed by atoms with Crippen molar-refractivity contribution in [1.29, 1.82) is 0 Å². The van der Waals surface area contributed by atoms with Gasteiger partial charge in [-0.3, -0.25) is 0 Å². The fraction of sp³-hybridized carbons (Fsp3) is 0.385. The zero-order chi connectivity index (χ0) is 23.3. The number of rotatable bonds is 5. The molecule has 8 nitrogen and oxygen atoms in total. The first-order valence-corrected chi connectivity index (χ1v) is 12.1. The molecule has 3 aliphatic rings. The van der Waals surface area contributed by atoms with Gasteiger partial charge in [0.2, 0.25) is 0 Å². The van der Waals surface area contributed by atoms with Gasteiger partial charge in [0.05, 0.1) is 18.7 Å². The summed E-state index contributed by atoms with van der Waals surface area (Å²) in [5, 5.41) is 25.4. The summed E-state index contributed by atoms with van der Waals surface area (Å²) in [5.41, 5.74) is 4.30. The minimum atomic E-state index is -0.875. The van der Waals surface area contributed by atoms with Gasteiger partial charge in [0, 0.05) is 25.0 Å². The van der Waals surface area contributed by atoms with E-state index < -0.39 is 4.76 Å². The average molecular weight is 459 g/mol. The lowest BCUT2D eigenvalue weighted by atomic mass is 9.99. The molecular formula is C26H30N6O2. The molecule has 0 bridgehead atoms. The third kappa shape index (κ3) is 3.68. The highest BCUT2D eigenvalue weighted by Crippen LogP contribution is 2.43. The Bertz CT molecular complexity index is 1170. The minimum absolute atomic E-state index is 0.0771. The molecule has 1 N–H and O–H groups in total. The van der Waals surface area contributed by atoms with Crippen molar-refractivity contribution in [3.63, 3.8) is 0 Å². The maximum Gasteiger partial charge on any atom is 0.337 e. The molecule has 1 amide bonds. The van der Waals surface area contributed by atoms with E-state index in [4.69, 9.17) is 0 Å². The van der Waals surface area contributed by atoms with E-state index in [1.165, 1.54) is 0 Å². The number of aromatic nitrogens is 2. The fourth-order valence-corrected chi connectivity index (χ4v) is 5.41. The second-order valence-corrected chi connectivity index (χ2v) is 9.65. The van der Waals surface area contributed by atoms with E-state index in [0.717, 1.165) is 54.7 Å². The topological polar surface area (TPSA) is 76.5 Å². The molecule has 1 aromatic heterocycles. The van der Waals surface area contributed by atoms with E-state index >= 15 is 0 Å². The summed E-state index contributed by atoms with van der Waals surface area (Å²) in [7, 11) is 1.79. The normalized spacial score (nSPS) is 27.9. The van der Waals surface area contributed by atoms with Crippen molar-refractivity contribution in [3.05, 3.63) is 77.8 Å². The van der Waals surface area contributed by atoms with Gasteiger partial charge in [0.1, 0.15) is 12.6 Å². The molecule has 2 aliphatic heterocycles. The highest BCUT2D eigenvalue weighted by molar-refractivity contribution is 5.74. The molecule has 176 valence electrons. The van der Waals surface area contributed by atoms with Gasteiger partial charge in [0.15, 0.2) is 0 Å². The van der Waals surface area contributed by atoms with E-state index in [1.807, 2.05) is 29.1 Å². The zero-order valence-electron chi connectivity index (χ0n) is 19.4. The van der Waals surface area contributed by atoms with Crippen molar-refractivity contribution < 1.29 is 9.55 Å². The number of benzene rings is 2. The molecule has 2 aromatic carbocycles. The SMILES string of the molecule is CN1N(C2CCNC2)C(c2ccc(-c3cccc(-n4cccn4)c3)cc2)C[N+]1([O-])C(=O)C1CC1. The van der Waals surface area contributed by atoms with Gasteiger partial charge < -0.3 is 10.5 Å². The summed E-state index contributed by atoms with van der Waals surface area (Å²) in [6, 6.07) is 18.7. The number of hydrogen-bond acceptors (Lipinski definition) is 6. The Morgan fingerprint density at radius 2 is 1.91 bits per heavy atom. The largest absolute Gasteiger partial charge is 0.603 e. The Hall–Kier alpha value is -2.88. The third-order valence-electron chi connectivity index (χ3n) is 7.46. The van der Waals surface area contributed by atoms with Gasteiger partial charge in [-0.25, -0.2) is 9.48 Å². The summed E-state index contributed by atoms with van der Waals surface area (Å²) >= 11 is 0. The number of carbonyl (C=O) groups excluding carboxylic acids is 1.